The number of hydrogen-bond donors (Lipinski definition) is 2. The van der Waals surface area contributed by atoms with Gasteiger partial charge in [0, 0.05) is 30.9 Å². The Bertz CT molecular complexity index is 1060. The number of carbonyl (C=O) groups excluding carboxylic acids is 2. The minimum atomic E-state index is -0.523. The fourth-order valence-corrected chi connectivity index (χ4v) is 3.23. The number of aromatic nitrogens is 2. The zero-order valence-corrected chi connectivity index (χ0v) is 16.1. The predicted octanol–water partition coefficient (Wildman–Crippen LogP) is 3.13. The maximum absolute atomic E-state index is 12.5. The Kier molecular flexibility index (Phi) is 5.56. The van der Waals surface area contributed by atoms with Crippen LogP contribution >= 0.6 is 0 Å². The van der Waals surface area contributed by atoms with Gasteiger partial charge in [-0.15, -0.1) is 0 Å². The zero-order valence-electron chi connectivity index (χ0n) is 16.1. The van der Waals surface area contributed by atoms with Gasteiger partial charge in [-0.3, -0.25) is 9.78 Å². The molecule has 1 aromatic carbocycles. The SMILES string of the molecule is O=C(Nc1ccccn1)c1cnc2c(c1O)CN(C(=O)OCc1ccccc1)CC2. The number of benzene rings is 1. The summed E-state index contributed by atoms with van der Waals surface area (Å²) in [5.41, 5.74) is 2.03. The largest absolute Gasteiger partial charge is 0.507 e. The van der Waals surface area contributed by atoms with E-state index < -0.39 is 12.0 Å². The summed E-state index contributed by atoms with van der Waals surface area (Å²) in [6, 6.07) is 14.5. The molecule has 0 unspecified atom stereocenters. The normalized spacial score (nSPS) is 12.7. The molecule has 0 atom stereocenters. The van der Waals surface area contributed by atoms with Crippen LogP contribution in [0.2, 0.25) is 0 Å². The first-order chi connectivity index (χ1) is 14.6. The summed E-state index contributed by atoms with van der Waals surface area (Å²) >= 11 is 0. The topological polar surface area (TPSA) is 105 Å². The lowest BCUT2D eigenvalue weighted by Crippen LogP contribution is -2.37. The van der Waals surface area contributed by atoms with Crippen LogP contribution in [-0.4, -0.2) is 38.5 Å². The molecular formula is C22H20N4O4. The standard InChI is InChI=1S/C22H20N4O4/c27-20-16(21(28)25-19-8-4-5-10-23-19)12-24-18-9-11-26(13-17(18)20)22(29)30-14-15-6-2-1-3-7-15/h1-8,10,12H,9,11,13-14H2,(H,24,27)(H,23,25,28). The van der Waals surface area contributed by atoms with Crippen molar-refractivity contribution in [2.45, 2.75) is 19.6 Å². The smallest absolute Gasteiger partial charge is 0.410 e. The Labute approximate surface area is 173 Å². The van der Waals surface area contributed by atoms with E-state index in [4.69, 9.17) is 4.74 Å². The number of fused-ring (bicyclic) bond motifs is 1. The number of pyridine rings is 2. The summed E-state index contributed by atoms with van der Waals surface area (Å²) in [5, 5.41) is 13.3. The third kappa shape index (κ3) is 4.22. The van der Waals surface area contributed by atoms with Crippen LogP contribution in [0.4, 0.5) is 10.6 Å². The van der Waals surface area contributed by atoms with Gasteiger partial charge >= 0.3 is 6.09 Å². The number of anilines is 1. The number of nitrogens with zero attached hydrogens (tertiary/aromatic N) is 3. The second-order valence-electron chi connectivity index (χ2n) is 6.83. The van der Waals surface area contributed by atoms with Crippen LogP contribution in [0.1, 0.15) is 27.2 Å². The molecule has 0 saturated carbocycles. The number of aromatic hydroxyl groups is 1. The van der Waals surface area contributed by atoms with Gasteiger partial charge in [0.25, 0.3) is 5.91 Å². The minimum absolute atomic E-state index is 0.0268. The van der Waals surface area contributed by atoms with Crippen LogP contribution in [0, 0.1) is 0 Å². The number of carbonyl (C=O) groups is 2. The van der Waals surface area contributed by atoms with E-state index in [1.807, 2.05) is 30.3 Å². The minimum Gasteiger partial charge on any atom is -0.507 e. The fraction of sp³-hybridized carbons (Fsp3) is 0.182. The van der Waals surface area contributed by atoms with Crippen LogP contribution < -0.4 is 5.32 Å². The van der Waals surface area contributed by atoms with E-state index in [1.165, 1.54) is 11.1 Å². The Morgan fingerprint density at radius 3 is 2.67 bits per heavy atom. The zero-order chi connectivity index (χ0) is 20.9. The highest BCUT2D eigenvalue weighted by atomic mass is 16.6. The van der Waals surface area contributed by atoms with Gasteiger partial charge in [-0.1, -0.05) is 36.4 Å². The first-order valence-corrected chi connectivity index (χ1v) is 9.49. The van der Waals surface area contributed by atoms with Crippen molar-refractivity contribution in [2.75, 3.05) is 11.9 Å². The lowest BCUT2D eigenvalue weighted by atomic mass is 10.0. The number of amides is 2. The number of rotatable bonds is 4. The second kappa shape index (κ2) is 8.60. The summed E-state index contributed by atoms with van der Waals surface area (Å²) in [4.78, 5) is 34.8. The average molecular weight is 404 g/mol. The molecule has 0 saturated heterocycles. The van der Waals surface area contributed by atoms with Gasteiger partial charge in [-0.25, -0.2) is 9.78 Å². The van der Waals surface area contributed by atoms with E-state index >= 15 is 0 Å². The van der Waals surface area contributed by atoms with Crippen LogP contribution in [-0.2, 0) is 24.3 Å². The number of ether oxygens (including phenoxy) is 1. The predicted molar refractivity (Wildman–Crippen MR) is 109 cm³/mol. The quantitative estimate of drug-likeness (QED) is 0.692. The molecule has 4 rings (SSSR count). The molecule has 1 aliphatic rings. The first-order valence-electron chi connectivity index (χ1n) is 9.49. The molecule has 8 heteroatoms. The van der Waals surface area contributed by atoms with Crippen molar-refractivity contribution in [1.29, 1.82) is 0 Å². The second-order valence-corrected chi connectivity index (χ2v) is 6.83. The monoisotopic (exact) mass is 404 g/mol. The molecule has 30 heavy (non-hydrogen) atoms. The van der Waals surface area contributed by atoms with Gasteiger partial charge in [0.15, 0.2) is 0 Å². The van der Waals surface area contributed by atoms with Crippen molar-refractivity contribution < 1.29 is 19.4 Å². The fourth-order valence-electron chi connectivity index (χ4n) is 3.23. The summed E-state index contributed by atoms with van der Waals surface area (Å²) < 4.78 is 5.38. The molecule has 0 aliphatic carbocycles. The molecule has 0 spiro atoms. The Morgan fingerprint density at radius 1 is 1.10 bits per heavy atom. The molecule has 8 nitrogen and oxygen atoms in total. The van der Waals surface area contributed by atoms with Gasteiger partial charge in [0.1, 0.15) is 23.7 Å². The highest BCUT2D eigenvalue weighted by Gasteiger charge is 2.27. The van der Waals surface area contributed by atoms with Crippen molar-refractivity contribution in [1.82, 2.24) is 14.9 Å². The van der Waals surface area contributed by atoms with Crippen LogP contribution in [0.3, 0.4) is 0 Å². The van der Waals surface area contributed by atoms with Gasteiger partial charge in [-0.2, -0.15) is 0 Å². The first kappa shape index (κ1) is 19.4. The Hall–Kier alpha value is -3.94. The molecule has 0 fully saturated rings. The molecule has 3 heterocycles. The molecule has 2 aromatic heterocycles. The molecule has 0 bridgehead atoms. The molecule has 2 N–H and O–H groups in total. The van der Waals surface area contributed by atoms with Crippen molar-refractivity contribution in [3.63, 3.8) is 0 Å². The van der Waals surface area contributed by atoms with E-state index in [2.05, 4.69) is 15.3 Å². The summed E-state index contributed by atoms with van der Waals surface area (Å²) in [6.07, 6.45) is 2.88. The van der Waals surface area contributed by atoms with Gasteiger partial charge in [0.2, 0.25) is 0 Å². The van der Waals surface area contributed by atoms with Crippen molar-refractivity contribution in [3.8, 4) is 5.75 Å². The van der Waals surface area contributed by atoms with Crippen molar-refractivity contribution in [3.05, 3.63) is 83.3 Å². The lowest BCUT2D eigenvalue weighted by molar-refractivity contribution is 0.0912. The van der Waals surface area contributed by atoms with E-state index in [9.17, 15) is 14.7 Å². The molecule has 1 aliphatic heterocycles. The number of hydrogen-bond acceptors (Lipinski definition) is 6. The van der Waals surface area contributed by atoms with Crippen molar-refractivity contribution >= 4 is 17.8 Å². The molecule has 3 aromatic rings. The van der Waals surface area contributed by atoms with Crippen LogP contribution in [0.25, 0.3) is 0 Å². The summed E-state index contributed by atoms with van der Waals surface area (Å²) in [7, 11) is 0. The molecule has 0 radical (unpaired) electrons. The van der Waals surface area contributed by atoms with E-state index in [-0.39, 0.29) is 24.5 Å². The molecule has 152 valence electrons. The summed E-state index contributed by atoms with van der Waals surface area (Å²) in [5.74, 6) is -0.343. The van der Waals surface area contributed by atoms with E-state index in [1.54, 1.807) is 24.4 Å². The van der Waals surface area contributed by atoms with Gasteiger partial charge in [-0.05, 0) is 17.7 Å². The summed E-state index contributed by atoms with van der Waals surface area (Å²) in [6.45, 7) is 0.707. The van der Waals surface area contributed by atoms with Crippen LogP contribution in [0.15, 0.2) is 60.9 Å². The Morgan fingerprint density at radius 2 is 1.90 bits per heavy atom. The van der Waals surface area contributed by atoms with Gasteiger partial charge < -0.3 is 20.1 Å². The number of nitrogens with one attached hydrogen (secondary N) is 1. The highest BCUT2D eigenvalue weighted by molar-refractivity contribution is 6.05. The molecular weight excluding hydrogens is 384 g/mol. The third-order valence-electron chi connectivity index (χ3n) is 4.82. The maximum atomic E-state index is 12.5. The average Bonchev–Trinajstić information content (AvgIpc) is 2.79. The lowest BCUT2D eigenvalue weighted by Gasteiger charge is -2.28. The van der Waals surface area contributed by atoms with Gasteiger partial charge in [0.05, 0.1) is 12.2 Å². The van der Waals surface area contributed by atoms with E-state index in [0.717, 1.165) is 5.56 Å². The Balaban J connectivity index is 1.46. The maximum Gasteiger partial charge on any atom is 0.410 e. The molecule has 2 amide bonds. The van der Waals surface area contributed by atoms with Crippen molar-refractivity contribution in [2.24, 2.45) is 0 Å². The highest BCUT2D eigenvalue weighted by Crippen LogP contribution is 2.30. The third-order valence-corrected chi connectivity index (χ3v) is 4.82. The van der Waals surface area contributed by atoms with Crippen LogP contribution in [0.5, 0.6) is 5.75 Å². The van der Waals surface area contributed by atoms with E-state index in [0.29, 0.717) is 30.0 Å².